The lowest BCUT2D eigenvalue weighted by atomic mass is 10.0. The van der Waals surface area contributed by atoms with Crippen LogP contribution in [0.5, 0.6) is 5.75 Å². The van der Waals surface area contributed by atoms with E-state index in [9.17, 15) is 15.0 Å². The van der Waals surface area contributed by atoms with E-state index in [1.807, 2.05) is 0 Å². The zero-order valence-corrected chi connectivity index (χ0v) is 13.6. The molecule has 0 saturated carbocycles. The van der Waals surface area contributed by atoms with Gasteiger partial charge in [-0.3, -0.25) is 0 Å². The van der Waals surface area contributed by atoms with Crippen molar-refractivity contribution in [3.05, 3.63) is 27.7 Å². The fourth-order valence-corrected chi connectivity index (χ4v) is 2.76. The molecule has 1 heterocycles. The number of hydrogen-bond acceptors (Lipinski definition) is 7. The SMILES string of the molecule is COc1c(Cl)ccc(Cl)c1C(=O)OC1C[C@@H](O)OC(CO)[C@H]1O. The van der Waals surface area contributed by atoms with Crippen LogP contribution in [0.25, 0.3) is 0 Å². The molecule has 1 saturated heterocycles. The van der Waals surface area contributed by atoms with Crippen molar-refractivity contribution in [2.24, 2.45) is 0 Å². The van der Waals surface area contributed by atoms with Crippen LogP contribution in [0.1, 0.15) is 16.8 Å². The highest BCUT2D eigenvalue weighted by atomic mass is 35.5. The Kier molecular flexibility index (Phi) is 6.07. The first kappa shape index (κ1) is 18.3. The molecule has 1 aliphatic rings. The number of ether oxygens (including phenoxy) is 3. The van der Waals surface area contributed by atoms with Crippen molar-refractivity contribution in [2.45, 2.75) is 31.0 Å². The molecule has 1 aliphatic heterocycles. The molecule has 128 valence electrons. The van der Waals surface area contributed by atoms with Crippen LogP contribution >= 0.6 is 23.2 Å². The molecule has 1 fully saturated rings. The zero-order valence-electron chi connectivity index (χ0n) is 12.1. The maximum Gasteiger partial charge on any atom is 0.343 e. The van der Waals surface area contributed by atoms with Crippen LogP contribution < -0.4 is 4.74 Å². The Morgan fingerprint density at radius 2 is 2.00 bits per heavy atom. The average molecular weight is 367 g/mol. The summed E-state index contributed by atoms with van der Waals surface area (Å²) in [5.41, 5.74) is -0.0876. The van der Waals surface area contributed by atoms with Gasteiger partial charge in [-0.2, -0.15) is 0 Å². The number of hydrogen-bond donors (Lipinski definition) is 3. The minimum Gasteiger partial charge on any atom is -0.494 e. The molecule has 0 amide bonds. The van der Waals surface area contributed by atoms with Crippen LogP contribution in [0, 0.1) is 0 Å². The van der Waals surface area contributed by atoms with Crippen molar-refractivity contribution in [1.29, 1.82) is 0 Å². The van der Waals surface area contributed by atoms with Crippen LogP contribution in [0.15, 0.2) is 12.1 Å². The zero-order chi connectivity index (χ0) is 17.1. The monoisotopic (exact) mass is 366 g/mol. The van der Waals surface area contributed by atoms with Crippen LogP contribution in [-0.2, 0) is 9.47 Å². The van der Waals surface area contributed by atoms with Gasteiger partial charge in [0.2, 0.25) is 0 Å². The second kappa shape index (κ2) is 7.65. The largest absolute Gasteiger partial charge is 0.494 e. The van der Waals surface area contributed by atoms with Crippen molar-refractivity contribution in [2.75, 3.05) is 13.7 Å². The van der Waals surface area contributed by atoms with Crippen molar-refractivity contribution in [3.63, 3.8) is 0 Å². The molecule has 0 spiro atoms. The third kappa shape index (κ3) is 3.88. The quantitative estimate of drug-likeness (QED) is 0.682. The molecule has 0 radical (unpaired) electrons. The maximum atomic E-state index is 12.4. The summed E-state index contributed by atoms with van der Waals surface area (Å²) < 4.78 is 15.2. The van der Waals surface area contributed by atoms with E-state index in [1.165, 1.54) is 19.2 Å². The highest BCUT2D eigenvalue weighted by Crippen LogP contribution is 2.35. The number of aliphatic hydroxyl groups is 3. The summed E-state index contributed by atoms with van der Waals surface area (Å²) >= 11 is 11.9. The number of rotatable bonds is 4. The van der Waals surface area contributed by atoms with Gasteiger partial charge in [0.15, 0.2) is 12.0 Å². The Morgan fingerprint density at radius 3 is 2.61 bits per heavy atom. The summed E-state index contributed by atoms with van der Waals surface area (Å²) in [5.74, 6) is -0.825. The lowest BCUT2D eigenvalue weighted by molar-refractivity contribution is -0.239. The van der Waals surface area contributed by atoms with Gasteiger partial charge in [0.05, 0.1) is 23.8 Å². The molecule has 23 heavy (non-hydrogen) atoms. The third-order valence-electron chi connectivity index (χ3n) is 3.43. The first-order chi connectivity index (χ1) is 10.9. The van der Waals surface area contributed by atoms with Crippen LogP contribution in [-0.4, -0.2) is 59.6 Å². The van der Waals surface area contributed by atoms with Crippen LogP contribution in [0.4, 0.5) is 0 Å². The molecule has 1 aromatic rings. The van der Waals surface area contributed by atoms with Gasteiger partial charge >= 0.3 is 5.97 Å². The van der Waals surface area contributed by atoms with E-state index in [0.29, 0.717) is 0 Å². The highest BCUT2D eigenvalue weighted by molar-refractivity contribution is 6.37. The predicted octanol–water partition coefficient (Wildman–Crippen LogP) is 0.988. The van der Waals surface area contributed by atoms with Gasteiger partial charge in [-0.25, -0.2) is 4.79 Å². The van der Waals surface area contributed by atoms with Crippen molar-refractivity contribution in [3.8, 4) is 5.75 Å². The molecular weight excluding hydrogens is 351 g/mol. The number of carbonyl (C=O) groups is 1. The van der Waals surface area contributed by atoms with Gasteiger partial charge in [0.1, 0.15) is 23.9 Å². The summed E-state index contributed by atoms with van der Waals surface area (Å²) in [5, 5.41) is 29.0. The number of methoxy groups -OCH3 is 1. The number of halogens is 2. The molecule has 0 bridgehead atoms. The van der Waals surface area contributed by atoms with Gasteiger partial charge in [-0.15, -0.1) is 0 Å². The first-order valence-electron chi connectivity index (χ1n) is 6.74. The normalized spacial score (nSPS) is 27.6. The van der Waals surface area contributed by atoms with Gasteiger partial charge < -0.3 is 29.5 Å². The minimum atomic E-state index is -1.30. The summed E-state index contributed by atoms with van der Waals surface area (Å²) in [6.45, 7) is -0.534. The van der Waals surface area contributed by atoms with E-state index in [0.717, 1.165) is 0 Å². The topological polar surface area (TPSA) is 105 Å². The molecule has 4 atom stereocenters. The van der Waals surface area contributed by atoms with E-state index in [2.05, 4.69) is 0 Å². The predicted molar refractivity (Wildman–Crippen MR) is 80.8 cm³/mol. The standard InChI is InChI=1S/C14H16Cl2O7/c1-21-13-7(16)3-2-6(15)11(13)14(20)23-8-4-10(18)22-9(5-17)12(8)19/h2-3,8-10,12,17-19H,4-5H2,1H3/t8?,9?,10-,12-/m0/s1. The van der Waals surface area contributed by atoms with Crippen LogP contribution in [0.3, 0.4) is 0 Å². The number of aliphatic hydroxyl groups excluding tert-OH is 3. The van der Waals surface area contributed by atoms with E-state index in [4.69, 9.17) is 42.5 Å². The minimum absolute atomic E-state index is 0.0463. The summed E-state index contributed by atoms with van der Waals surface area (Å²) in [6.07, 6.45) is -4.86. The summed E-state index contributed by atoms with van der Waals surface area (Å²) in [4.78, 5) is 12.4. The van der Waals surface area contributed by atoms with Gasteiger partial charge in [0, 0.05) is 6.42 Å². The van der Waals surface area contributed by atoms with Gasteiger partial charge in [-0.05, 0) is 12.1 Å². The Hall–Kier alpha value is -1.09. The summed E-state index contributed by atoms with van der Waals surface area (Å²) in [7, 11) is 1.32. The Balaban J connectivity index is 2.23. The third-order valence-corrected chi connectivity index (χ3v) is 4.05. The molecule has 2 unspecified atom stereocenters. The fourth-order valence-electron chi connectivity index (χ4n) is 2.30. The molecule has 2 rings (SSSR count). The number of benzene rings is 1. The number of carbonyl (C=O) groups excluding carboxylic acids is 1. The van der Waals surface area contributed by atoms with Crippen molar-refractivity contribution >= 4 is 29.2 Å². The smallest absolute Gasteiger partial charge is 0.343 e. The van der Waals surface area contributed by atoms with Crippen molar-refractivity contribution in [1.82, 2.24) is 0 Å². The Bertz CT molecular complexity index is 580. The molecule has 3 N–H and O–H groups in total. The second-order valence-electron chi connectivity index (χ2n) is 4.92. The van der Waals surface area contributed by atoms with Crippen LogP contribution in [0.2, 0.25) is 10.0 Å². The maximum absolute atomic E-state index is 12.4. The molecule has 1 aromatic carbocycles. The molecule has 0 aliphatic carbocycles. The molecular formula is C14H16Cl2O7. The van der Waals surface area contributed by atoms with E-state index in [-0.39, 0.29) is 27.8 Å². The van der Waals surface area contributed by atoms with Gasteiger partial charge in [-0.1, -0.05) is 23.2 Å². The molecule has 9 heteroatoms. The average Bonchev–Trinajstić information content (AvgIpc) is 2.52. The first-order valence-corrected chi connectivity index (χ1v) is 7.50. The Morgan fingerprint density at radius 1 is 1.35 bits per heavy atom. The second-order valence-corrected chi connectivity index (χ2v) is 5.73. The fraction of sp³-hybridized carbons (Fsp3) is 0.500. The van der Waals surface area contributed by atoms with E-state index < -0.39 is 37.2 Å². The Labute approximate surface area is 142 Å². The number of esters is 1. The van der Waals surface area contributed by atoms with E-state index in [1.54, 1.807) is 0 Å². The molecule has 7 nitrogen and oxygen atoms in total. The highest BCUT2D eigenvalue weighted by Gasteiger charge is 2.39. The van der Waals surface area contributed by atoms with E-state index >= 15 is 0 Å². The van der Waals surface area contributed by atoms with Crippen molar-refractivity contribution < 1.29 is 34.3 Å². The lowest BCUT2D eigenvalue weighted by Gasteiger charge is -2.36. The molecule has 0 aromatic heterocycles. The summed E-state index contributed by atoms with van der Waals surface area (Å²) in [6, 6.07) is 2.88. The lowest BCUT2D eigenvalue weighted by Crippen LogP contribution is -2.51. The van der Waals surface area contributed by atoms with Gasteiger partial charge in [0.25, 0.3) is 0 Å².